The quantitative estimate of drug-likeness (QED) is 0.739. The Kier molecular flexibility index (Phi) is 3.17. The van der Waals surface area contributed by atoms with Crippen LogP contribution in [0.15, 0.2) is 18.2 Å². The number of benzene rings is 1. The van der Waals surface area contributed by atoms with Gasteiger partial charge in [0.15, 0.2) is 11.5 Å². The largest absolute Gasteiger partial charge is 0.504 e. The zero-order chi connectivity index (χ0) is 13.3. The van der Waals surface area contributed by atoms with E-state index in [0.717, 1.165) is 0 Å². The van der Waals surface area contributed by atoms with Crippen LogP contribution in [-0.2, 0) is 4.74 Å². The smallest absolute Gasteiger partial charge is 0.258 e. The van der Waals surface area contributed by atoms with Crippen molar-refractivity contribution < 1.29 is 19.7 Å². The minimum Gasteiger partial charge on any atom is -0.504 e. The van der Waals surface area contributed by atoms with Crippen LogP contribution in [0.2, 0.25) is 0 Å². The van der Waals surface area contributed by atoms with E-state index in [2.05, 4.69) is 0 Å². The number of hydrogen-bond donors (Lipinski definition) is 2. The minimum atomic E-state index is -0.423. The fraction of sp³-hybridized carbons (Fsp3) is 0.462. The molecule has 2 N–H and O–H groups in total. The maximum absolute atomic E-state index is 12.4. The normalized spacial score (nSPS) is 18.7. The molecule has 1 aromatic rings. The van der Waals surface area contributed by atoms with Crippen molar-refractivity contribution in [2.45, 2.75) is 19.4 Å². The lowest BCUT2D eigenvalue weighted by Gasteiger charge is -2.42. The molecule has 0 radical (unpaired) electrons. The lowest BCUT2D eigenvalue weighted by Crippen LogP contribution is -2.55. The first kappa shape index (κ1) is 12.7. The number of carbonyl (C=O) groups is 1. The maximum atomic E-state index is 12.4. The van der Waals surface area contributed by atoms with Crippen molar-refractivity contribution in [1.29, 1.82) is 0 Å². The van der Waals surface area contributed by atoms with Gasteiger partial charge in [0.05, 0.1) is 24.3 Å². The van der Waals surface area contributed by atoms with E-state index >= 15 is 0 Å². The van der Waals surface area contributed by atoms with Gasteiger partial charge >= 0.3 is 0 Å². The molecule has 1 fully saturated rings. The molecule has 1 aliphatic rings. The first-order valence-electron chi connectivity index (χ1n) is 5.84. The molecule has 98 valence electrons. The first-order chi connectivity index (χ1) is 8.43. The van der Waals surface area contributed by atoms with Gasteiger partial charge in [0, 0.05) is 6.54 Å². The molecule has 18 heavy (non-hydrogen) atoms. The summed E-state index contributed by atoms with van der Waals surface area (Å²) in [6, 6.07) is 4.38. The van der Waals surface area contributed by atoms with Crippen molar-refractivity contribution in [2.24, 2.45) is 0 Å². The highest BCUT2D eigenvalue weighted by atomic mass is 16.5. The molecule has 0 aromatic heterocycles. The summed E-state index contributed by atoms with van der Waals surface area (Å²) in [7, 11) is 0. The van der Waals surface area contributed by atoms with Crippen LogP contribution >= 0.6 is 0 Å². The van der Waals surface area contributed by atoms with Gasteiger partial charge in [-0.15, -0.1) is 0 Å². The first-order valence-corrected chi connectivity index (χ1v) is 5.84. The molecule has 2 rings (SSSR count). The van der Waals surface area contributed by atoms with Crippen molar-refractivity contribution in [3.63, 3.8) is 0 Å². The van der Waals surface area contributed by atoms with E-state index in [9.17, 15) is 15.0 Å². The Bertz CT molecular complexity index is 470. The molecular formula is C13H17NO4. The predicted molar refractivity (Wildman–Crippen MR) is 65.7 cm³/mol. The number of aromatic hydroxyl groups is 2. The summed E-state index contributed by atoms with van der Waals surface area (Å²) in [5.41, 5.74) is -0.308. The molecule has 1 aromatic carbocycles. The number of phenolic OH excluding ortho intramolecular Hbond substituents is 2. The average molecular weight is 251 g/mol. The molecule has 1 heterocycles. The number of hydrogen-bond acceptors (Lipinski definition) is 4. The minimum absolute atomic E-state index is 0.116. The average Bonchev–Trinajstić information content (AvgIpc) is 2.31. The van der Waals surface area contributed by atoms with E-state index in [1.54, 1.807) is 4.90 Å². The van der Waals surface area contributed by atoms with Crippen molar-refractivity contribution in [1.82, 2.24) is 4.90 Å². The Hall–Kier alpha value is -1.75. The van der Waals surface area contributed by atoms with Crippen molar-refractivity contribution >= 4 is 5.91 Å². The second-order valence-corrected chi connectivity index (χ2v) is 5.00. The van der Waals surface area contributed by atoms with Crippen LogP contribution < -0.4 is 0 Å². The van der Waals surface area contributed by atoms with Gasteiger partial charge in [-0.25, -0.2) is 0 Å². The van der Waals surface area contributed by atoms with E-state index in [-0.39, 0.29) is 23.0 Å². The summed E-state index contributed by atoms with van der Waals surface area (Å²) in [4.78, 5) is 14.0. The van der Waals surface area contributed by atoms with Crippen LogP contribution in [0, 0.1) is 0 Å². The van der Waals surface area contributed by atoms with Gasteiger partial charge in [0.25, 0.3) is 5.91 Å². The number of amides is 1. The molecule has 1 amide bonds. The summed E-state index contributed by atoms with van der Waals surface area (Å²) in [6.07, 6.45) is 0. The van der Waals surface area contributed by atoms with Crippen LogP contribution in [0.3, 0.4) is 0 Å². The third kappa shape index (κ3) is 2.13. The van der Waals surface area contributed by atoms with Crippen molar-refractivity contribution in [3.05, 3.63) is 23.8 Å². The molecule has 0 atom stereocenters. The third-order valence-electron chi connectivity index (χ3n) is 3.14. The number of ether oxygens (including phenoxy) is 1. The second-order valence-electron chi connectivity index (χ2n) is 5.00. The van der Waals surface area contributed by atoms with E-state index in [4.69, 9.17) is 4.74 Å². The number of phenols is 2. The standard InChI is InChI=1S/C13H17NO4/c1-13(2)8-18-7-6-14(13)12(17)9-4-3-5-10(15)11(9)16/h3-5,15-16H,6-8H2,1-2H3. The van der Waals surface area contributed by atoms with E-state index in [0.29, 0.717) is 19.8 Å². The summed E-state index contributed by atoms with van der Waals surface area (Å²) in [5.74, 6) is -0.951. The van der Waals surface area contributed by atoms with Crippen molar-refractivity contribution in [2.75, 3.05) is 19.8 Å². The van der Waals surface area contributed by atoms with Gasteiger partial charge in [0.2, 0.25) is 0 Å². The summed E-state index contributed by atoms with van der Waals surface area (Å²) >= 11 is 0. The van der Waals surface area contributed by atoms with Gasteiger partial charge in [-0.05, 0) is 26.0 Å². The molecule has 0 bridgehead atoms. The van der Waals surface area contributed by atoms with E-state index < -0.39 is 5.54 Å². The monoisotopic (exact) mass is 251 g/mol. The van der Waals surface area contributed by atoms with Gasteiger partial charge in [-0.3, -0.25) is 4.79 Å². The SMILES string of the molecule is CC1(C)COCCN1C(=O)c1cccc(O)c1O. The van der Waals surface area contributed by atoms with Gasteiger partial charge < -0.3 is 19.8 Å². The lowest BCUT2D eigenvalue weighted by atomic mass is 10.0. The van der Waals surface area contributed by atoms with Gasteiger partial charge in [-0.2, -0.15) is 0 Å². The van der Waals surface area contributed by atoms with Crippen LogP contribution in [0.1, 0.15) is 24.2 Å². The zero-order valence-corrected chi connectivity index (χ0v) is 10.5. The Morgan fingerprint density at radius 3 is 2.78 bits per heavy atom. The third-order valence-corrected chi connectivity index (χ3v) is 3.14. The van der Waals surface area contributed by atoms with Gasteiger partial charge in [0.1, 0.15) is 0 Å². The molecule has 5 heteroatoms. The highest BCUT2D eigenvalue weighted by Gasteiger charge is 2.35. The van der Waals surface area contributed by atoms with Crippen LogP contribution in [0.4, 0.5) is 0 Å². The van der Waals surface area contributed by atoms with Crippen LogP contribution in [0.5, 0.6) is 11.5 Å². The van der Waals surface area contributed by atoms with E-state index in [1.165, 1.54) is 18.2 Å². The van der Waals surface area contributed by atoms with Crippen molar-refractivity contribution in [3.8, 4) is 11.5 Å². The molecule has 0 unspecified atom stereocenters. The Balaban J connectivity index is 2.33. The topological polar surface area (TPSA) is 70.0 Å². The second kappa shape index (κ2) is 4.49. The zero-order valence-electron chi connectivity index (χ0n) is 10.5. The molecule has 1 saturated heterocycles. The highest BCUT2D eigenvalue weighted by molar-refractivity contribution is 5.98. The highest BCUT2D eigenvalue weighted by Crippen LogP contribution is 2.31. The molecule has 1 aliphatic heterocycles. The van der Waals surface area contributed by atoms with Gasteiger partial charge in [-0.1, -0.05) is 6.07 Å². The van der Waals surface area contributed by atoms with Crippen LogP contribution in [-0.4, -0.2) is 46.3 Å². The molecule has 0 spiro atoms. The predicted octanol–water partition coefficient (Wildman–Crippen LogP) is 1.35. The summed E-state index contributed by atoms with van der Waals surface area (Å²) < 4.78 is 5.35. The Morgan fingerprint density at radius 2 is 2.11 bits per heavy atom. The number of para-hydroxylation sites is 1. The summed E-state index contributed by atoms with van der Waals surface area (Å²) in [5, 5.41) is 19.2. The maximum Gasteiger partial charge on any atom is 0.258 e. The molecule has 5 nitrogen and oxygen atoms in total. The molecule has 0 saturated carbocycles. The lowest BCUT2D eigenvalue weighted by molar-refractivity contribution is -0.0371. The molecular weight excluding hydrogens is 234 g/mol. The summed E-state index contributed by atoms with van der Waals surface area (Å²) in [6.45, 7) is 5.22. The number of nitrogens with zero attached hydrogens (tertiary/aromatic N) is 1. The molecule has 0 aliphatic carbocycles. The fourth-order valence-corrected chi connectivity index (χ4v) is 2.08. The fourth-order valence-electron chi connectivity index (χ4n) is 2.08. The number of rotatable bonds is 1. The number of carbonyl (C=O) groups excluding carboxylic acids is 1. The van der Waals surface area contributed by atoms with E-state index in [1.807, 2.05) is 13.8 Å². The van der Waals surface area contributed by atoms with Crippen LogP contribution in [0.25, 0.3) is 0 Å². The number of morpholine rings is 1. The Morgan fingerprint density at radius 1 is 1.39 bits per heavy atom. The Labute approximate surface area is 106 Å².